The van der Waals surface area contributed by atoms with E-state index in [1.165, 1.54) is 16.1 Å². The van der Waals surface area contributed by atoms with Crippen molar-refractivity contribution in [1.82, 2.24) is 9.21 Å². The number of halogens is 1. The van der Waals surface area contributed by atoms with Gasteiger partial charge in [0.05, 0.1) is 15.2 Å². The van der Waals surface area contributed by atoms with Gasteiger partial charge in [-0.2, -0.15) is 4.31 Å². The van der Waals surface area contributed by atoms with Gasteiger partial charge in [-0.05, 0) is 36.8 Å². The summed E-state index contributed by atoms with van der Waals surface area (Å²) < 4.78 is 38.2. The van der Waals surface area contributed by atoms with Gasteiger partial charge in [0, 0.05) is 31.9 Å². The number of nitrogens with zero attached hydrogens (tertiary/aromatic N) is 2. The van der Waals surface area contributed by atoms with Crippen LogP contribution in [0, 0.1) is 0 Å². The molecule has 1 unspecified atom stereocenters. The van der Waals surface area contributed by atoms with E-state index in [-0.39, 0.29) is 29.1 Å². The van der Waals surface area contributed by atoms with E-state index in [4.69, 9.17) is 21.1 Å². The summed E-state index contributed by atoms with van der Waals surface area (Å²) >= 11 is 7.81. The zero-order valence-corrected chi connectivity index (χ0v) is 20.1. The molecule has 172 valence electrons. The monoisotopic (exact) mass is 496 g/mol. The number of carbonyl (C=O) groups excluding carboxylic acids is 1. The Bertz CT molecular complexity index is 1070. The standard InChI is InChI=1S/C22H25ClN2O5S2/c1-16(31-15-17-13-19(23)21-20(14-17)29-11-12-30-21)22(26)24-7-9-25(10-8-24)32(27,28)18-5-3-2-4-6-18/h2-6,13-14,16H,7-12,15H2,1H3. The summed E-state index contributed by atoms with van der Waals surface area (Å²) in [5.41, 5.74) is 0.961. The van der Waals surface area contributed by atoms with Gasteiger partial charge in [-0.25, -0.2) is 8.42 Å². The van der Waals surface area contributed by atoms with Crippen molar-refractivity contribution >= 4 is 39.3 Å². The highest BCUT2D eigenvalue weighted by molar-refractivity contribution is 7.99. The van der Waals surface area contributed by atoms with Crippen LogP contribution < -0.4 is 9.47 Å². The summed E-state index contributed by atoms with van der Waals surface area (Å²) in [6.07, 6.45) is 0. The number of ether oxygens (including phenoxy) is 2. The Balaban J connectivity index is 1.31. The van der Waals surface area contributed by atoms with Crippen LogP contribution >= 0.6 is 23.4 Å². The van der Waals surface area contributed by atoms with Crippen LogP contribution in [0.3, 0.4) is 0 Å². The molecular formula is C22H25ClN2O5S2. The lowest BCUT2D eigenvalue weighted by molar-refractivity contribution is -0.131. The topological polar surface area (TPSA) is 76.2 Å². The third kappa shape index (κ3) is 5.01. The van der Waals surface area contributed by atoms with E-state index in [1.54, 1.807) is 35.2 Å². The first kappa shape index (κ1) is 23.2. The lowest BCUT2D eigenvalue weighted by Crippen LogP contribution is -2.52. The first-order chi connectivity index (χ1) is 15.4. The summed E-state index contributed by atoms with van der Waals surface area (Å²) in [7, 11) is -3.53. The number of amides is 1. The smallest absolute Gasteiger partial charge is 0.243 e. The van der Waals surface area contributed by atoms with Crippen molar-refractivity contribution < 1.29 is 22.7 Å². The Hall–Kier alpha value is -1.94. The lowest BCUT2D eigenvalue weighted by atomic mass is 10.2. The minimum absolute atomic E-state index is 0.00963. The summed E-state index contributed by atoms with van der Waals surface area (Å²) in [5, 5.41) is 0.242. The maximum absolute atomic E-state index is 12.9. The summed E-state index contributed by atoms with van der Waals surface area (Å²) in [6.45, 7) is 4.18. The number of hydrogen-bond acceptors (Lipinski definition) is 6. The van der Waals surface area contributed by atoms with Crippen LogP contribution in [0.4, 0.5) is 0 Å². The second kappa shape index (κ2) is 9.91. The predicted octanol–water partition coefficient (Wildman–Crippen LogP) is 3.27. The summed E-state index contributed by atoms with van der Waals surface area (Å²) in [5.74, 6) is 1.81. The SMILES string of the molecule is CC(SCc1cc(Cl)c2c(c1)OCCO2)C(=O)N1CCN(S(=O)(=O)c2ccccc2)CC1. The van der Waals surface area contributed by atoms with Crippen LogP contribution in [-0.4, -0.2) is 68.2 Å². The van der Waals surface area contributed by atoms with E-state index in [1.807, 2.05) is 19.1 Å². The molecule has 0 saturated carbocycles. The minimum atomic E-state index is -3.53. The first-order valence-electron chi connectivity index (χ1n) is 10.4. The number of benzene rings is 2. The van der Waals surface area contributed by atoms with Crippen molar-refractivity contribution in [2.75, 3.05) is 39.4 Å². The molecule has 1 atom stereocenters. The van der Waals surface area contributed by atoms with E-state index in [0.717, 1.165) is 5.56 Å². The second-order valence-corrected chi connectivity index (χ2v) is 11.3. The van der Waals surface area contributed by atoms with Crippen molar-refractivity contribution in [1.29, 1.82) is 0 Å². The van der Waals surface area contributed by atoms with E-state index in [2.05, 4.69) is 0 Å². The fourth-order valence-corrected chi connectivity index (χ4v) is 6.32. The number of rotatable bonds is 6. The van der Waals surface area contributed by atoms with Crippen molar-refractivity contribution in [3.05, 3.63) is 53.1 Å². The molecule has 32 heavy (non-hydrogen) atoms. The second-order valence-electron chi connectivity index (χ2n) is 7.60. The molecule has 10 heteroatoms. The molecule has 2 aromatic carbocycles. The third-order valence-corrected chi connectivity index (χ3v) is 8.83. The van der Waals surface area contributed by atoms with Gasteiger partial charge in [0.2, 0.25) is 15.9 Å². The molecule has 2 heterocycles. The van der Waals surface area contributed by atoms with Crippen LogP contribution in [0.1, 0.15) is 12.5 Å². The molecule has 0 aromatic heterocycles. The number of carbonyl (C=O) groups is 1. The van der Waals surface area contributed by atoms with Gasteiger partial charge < -0.3 is 14.4 Å². The van der Waals surface area contributed by atoms with E-state index < -0.39 is 10.0 Å². The average Bonchev–Trinajstić information content (AvgIpc) is 2.82. The average molecular weight is 497 g/mol. The zero-order valence-electron chi connectivity index (χ0n) is 17.7. The Morgan fingerprint density at radius 2 is 1.78 bits per heavy atom. The molecule has 7 nitrogen and oxygen atoms in total. The van der Waals surface area contributed by atoms with Gasteiger partial charge in [0.25, 0.3) is 0 Å². The van der Waals surface area contributed by atoms with Crippen molar-refractivity contribution in [3.8, 4) is 11.5 Å². The maximum atomic E-state index is 12.9. The quantitative estimate of drug-likeness (QED) is 0.611. The van der Waals surface area contributed by atoms with Crippen LogP contribution in [0.5, 0.6) is 11.5 Å². The van der Waals surface area contributed by atoms with Crippen LogP contribution in [0.25, 0.3) is 0 Å². The van der Waals surface area contributed by atoms with E-state index in [9.17, 15) is 13.2 Å². The molecule has 2 aliphatic rings. The fourth-order valence-electron chi connectivity index (χ4n) is 3.69. The predicted molar refractivity (Wildman–Crippen MR) is 125 cm³/mol. The molecule has 4 rings (SSSR count). The highest BCUT2D eigenvalue weighted by atomic mass is 35.5. The number of thioether (sulfide) groups is 1. The van der Waals surface area contributed by atoms with Gasteiger partial charge in [-0.3, -0.25) is 4.79 Å². The summed E-state index contributed by atoms with van der Waals surface area (Å²) in [4.78, 5) is 14.9. The van der Waals surface area contributed by atoms with Gasteiger partial charge in [-0.15, -0.1) is 11.8 Å². The lowest BCUT2D eigenvalue weighted by Gasteiger charge is -2.35. The Labute approximate surface area is 197 Å². The zero-order chi connectivity index (χ0) is 22.7. The molecule has 0 aliphatic carbocycles. The van der Waals surface area contributed by atoms with E-state index >= 15 is 0 Å². The van der Waals surface area contributed by atoms with Crippen LogP contribution in [0.2, 0.25) is 5.02 Å². The van der Waals surface area contributed by atoms with Crippen molar-refractivity contribution in [2.45, 2.75) is 22.8 Å². The van der Waals surface area contributed by atoms with Crippen molar-refractivity contribution in [2.24, 2.45) is 0 Å². The van der Waals surface area contributed by atoms with Crippen LogP contribution in [-0.2, 0) is 20.6 Å². The normalized spacial score (nSPS) is 17.8. The first-order valence-corrected chi connectivity index (χ1v) is 13.3. The van der Waals surface area contributed by atoms with Crippen molar-refractivity contribution in [3.63, 3.8) is 0 Å². The number of sulfonamides is 1. The van der Waals surface area contributed by atoms with E-state index in [0.29, 0.717) is 48.6 Å². The van der Waals surface area contributed by atoms with Gasteiger partial charge in [-0.1, -0.05) is 29.8 Å². The minimum Gasteiger partial charge on any atom is -0.486 e. The highest BCUT2D eigenvalue weighted by Gasteiger charge is 2.31. The maximum Gasteiger partial charge on any atom is 0.243 e. The Morgan fingerprint density at radius 1 is 1.09 bits per heavy atom. The van der Waals surface area contributed by atoms with Crippen LogP contribution in [0.15, 0.2) is 47.4 Å². The highest BCUT2D eigenvalue weighted by Crippen LogP contribution is 2.39. The molecule has 1 fully saturated rings. The fraction of sp³-hybridized carbons (Fsp3) is 0.409. The summed E-state index contributed by atoms with van der Waals surface area (Å²) in [6, 6.07) is 12.1. The van der Waals surface area contributed by atoms with Gasteiger partial charge in [0.1, 0.15) is 13.2 Å². The molecule has 0 spiro atoms. The number of piperazine rings is 1. The Kier molecular flexibility index (Phi) is 7.19. The molecule has 2 aromatic rings. The molecule has 1 saturated heterocycles. The molecule has 2 aliphatic heterocycles. The molecule has 0 N–H and O–H groups in total. The molecule has 0 radical (unpaired) electrons. The van der Waals surface area contributed by atoms with Gasteiger partial charge >= 0.3 is 0 Å². The molecule has 0 bridgehead atoms. The number of hydrogen-bond donors (Lipinski definition) is 0. The number of fused-ring (bicyclic) bond motifs is 1. The Morgan fingerprint density at radius 3 is 2.50 bits per heavy atom. The van der Waals surface area contributed by atoms with Gasteiger partial charge in [0.15, 0.2) is 11.5 Å². The largest absolute Gasteiger partial charge is 0.486 e. The molecule has 1 amide bonds. The molecular weight excluding hydrogens is 472 g/mol. The third-order valence-electron chi connectivity index (χ3n) is 5.44.